The Hall–Kier alpha value is -0.860. The van der Waals surface area contributed by atoms with Crippen LogP contribution >= 0.6 is 0 Å². The highest BCUT2D eigenvalue weighted by molar-refractivity contribution is 5.14. The molecule has 1 unspecified atom stereocenters. The first kappa shape index (κ1) is 13.2. The molecule has 0 saturated heterocycles. The first-order valence-corrected chi connectivity index (χ1v) is 5.86. The van der Waals surface area contributed by atoms with E-state index in [1.165, 1.54) is 5.56 Å². The van der Waals surface area contributed by atoms with Gasteiger partial charge in [-0.1, -0.05) is 30.3 Å². The second-order valence-corrected chi connectivity index (χ2v) is 4.86. The Balaban J connectivity index is 2.41. The van der Waals surface area contributed by atoms with Gasteiger partial charge in [-0.25, -0.2) is 0 Å². The first-order valence-electron chi connectivity index (χ1n) is 5.86. The Morgan fingerprint density at radius 3 is 2.44 bits per heavy atom. The van der Waals surface area contributed by atoms with Crippen molar-refractivity contribution in [2.75, 3.05) is 6.61 Å². The molecule has 16 heavy (non-hydrogen) atoms. The van der Waals surface area contributed by atoms with Crippen molar-refractivity contribution in [3.8, 4) is 0 Å². The van der Waals surface area contributed by atoms with E-state index in [2.05, 4.69) is 38.1 Å². The van der Waals surface area contributed by atoms with E-state index in [4.69, 9.17) is 9.84 Å². The Morgan fingerprint density at radius 2 is 1.88 bits per heavy atom. The number of benzene rings is 1. The van der Waals surface area contributed by atoms with Crippen molar-refractivity contribution in [3.63, 3.8) is 0 Å². The fourth-order valence-electron chi connectivity index (χ4n) is 1.73. The van der Waals surface area contributed by atoms with Crippen LogP contribution in [0, 0.1) is 0 Å². The maximum atomic E-state index is 8.96. The summed E-state index contributed by atoms with van der Waals surface area (Å²) in [6.45, 7) is 6.11. The average Bonchev–Trinajstić information content (AvgIpc) is 2.27. The van der Waals surface area contributed by atoms with Gasteiger partial charge in [0, 0.05) is 0 Å². The molecule has 0 radical (unpaired) electrons. The maximum absolute atomic E-state index is 8.96. The number of aryl methyl sites for hydroxylation is 1. The van der Waals surface area contributed by atoms with Crippen molar-refractivity contribution in [1.29, 1.82) is 0 Å². The Labute approximate surface area is 98.3 Å². The molecule has 0 aliphatic carbocycles. The van der Waals surface area contributed by atoms with Gasteiger partial charge in [0.15, 0.2) is 0 Å². The summed E-state index contributed by atoms with van der Waals surface area (Å²) in [4.78, 5) is 0. The van der Waals surface area contributed by atoms with Crippen molar-refractivity contribution < 1.29 is 9.84 Å². The van der Waals surface area contributed by atoms with Crippen LogP contribution < -0.4 is 0 Å². The molecule has 1 aromatic carbocycles. The highest BCUT2D eigenvalue weighted by Gasteiger charge is 2.20. The van der Waals surface area contributed by atoms with E-state index >= 15 is 0 Å². The number of rotatable bonds is 6. The van der Waals surface area contributed by atoms with Gasteiger partial charge in [-0.15, -0.1) is 0 Å². The standard InChI is InChI=1S/C14H22O2/c1-12(11-15)16-14(2,3)10-9-13-7-5-4-6-8-13/h4-8,12,15H,9-11H2,1-3H3. The van der Waals surface area contributed by atoms with Crippen LogP contribution in [0.2, 0.25) is 0 Å². The van der Waals surface area contributed by atoms with Crippen molar-refractivity contribution in [3.05, 3.63) is 35.9 Å². The van der Waals surface area contributed by atoms with Gasteiger partial charge < -0.3 is 9.84 Å². The van der Waals surface area contributed by atoms with E-state index in [0.717, 1.165) is 12.8 Å². The molecule has 90 valence electrons. The van der Waals surface area contributed by atoms with E-state index in [9.17, 15) is 0 Å². The zero-order valence-corrected chi connectivity index (χ0v) is 10.4. The summed E-state index contributed by atoms with van der Waals surface area (Å²) in [7, 11) is 0. The first-order chi connectivity index (χ1) is 7.53. The number of aliphatic hydroxyl groups is 1. The lowest BCUT2D eigenvalue weighted by atomic mass is 9.98. The topological polar surface area (TPSA) is 29.5 Å². The Kier molecular flexibility index (Phi) is 4.97. The van der Waals surface area contributed by atoms with Crippen molar-refractivity contribution in [1.82, 2.24) is 0 Å². The molecule has 0 aliphatic heterocycles. The number of ether oxygens (including phenoxy) is 1. The van der Waals surface area contributed by atoms with Crippen LogP contribution in [0.25, 0.3) is 0 Å². The van der Waals surface area contributed by atoms with Gasteiger partial charge >= 0.3 is 0 Å². The molecule has 0 amide bonds. The quantitative estimate of drug-likeness (QED) is 0.802. The molecule has 1 rings (SSSR count). The lowest BCUT2D eigenvalue weighted by Crippen LogP contribution is -2.31. The Morgan fingerprint density at radius 1 is 1.25 bits per heavy atom. The minimum absolute atomic E-state index is 0.0781. The molecular formula is C14H22O2. The summed E-state index contributed by atoms with van der Waals surface area (Å²) >= 11 is 0. The minimum Gasteiger partial charge on any atom is -0.394 e. The maximum Gasteiger partial charge on any atom is 0.0784 e. The zero-order valence-electron chi connectivity index (χ0n) is 10.4. The molecule has 0 saturated carbocycles. The molecule has 0 bridgehead atoms. The summed E-state index contributed by atoms with van der Waals surface area (Å²) in [5.41, 5.74) is 1.15. The summed E-state index contributed by atoms with van der Waals surface area (Å²) in [6.07, 6.45) is 1.87. The van der Waals surface area contributed by atoms with Gasteiger partial charge in [-0.2, -0.15) is 0 Å². The summed E-state index contributed by atoms with van der Waals surface area (Å²) < 4.78 is 5.76. The molecule has 1 aromatic rings. The highest BCUT2D eigenvalue weighted by atomic mass is 16.5. The molecule has 0 aromatic heterocycles. The molecule has 1 atom stereocenters. The van der Waals surface area contributed by atoms with Crippen LogP contribution in [0.15, 0.2) is 30.3 Å². The van der Waals surface area contributed by atoms with Gasteiger partial charge in [-0.3, -0.25) is 0 Å². The summed E-state index contributed by atoms with van der Waals surface area (Å²) in [5.74, 6) is 0. The molecule has 0 aliphatic rings. The van der Waals surface area contributed by atoms with E-state index in [0.29, 0.717) is 0 Å². The number of hydrogen-bond acceptors (Lipinski definition) is 2. The van der Waals surface area contributed by atoms with Crippen molar-refractivity contribution in [2.45, 2.75) is 45.3 Å². The van der Waals surface area contributed by atoms with Crippen LogP contribution in [0.4, 0.5) is 0 Å². The molecule has 0 fully saturated rings. The molecule has 0 spiro atoms. The van der Waals surface area contributed by atoms with Gasteiger partial charge in [0.1, 0.15) is 0 Å². The second kappa shape index (κ2) is 6.02. The predicted octanol–water partition coefficient (Wildman–Crippen LogP) is 2.80. The van der Waals surface area contributed by atoms with Gasteiger partial charge in [0.05, 0.1) is 18.3 Å². The fraction of sp³-hybridized carbons (Fsp3) is 0.571. The van der Waals surface area contributed by atoms with Crippen LogP contribution in [-0.4, -0.2) is 23.4 Å². The monoisotopic (exact) mass is 222 g/mol. The third-order valence-corrected chi connectivity index (χ3v) is 2.64. The van der Waals surface area contributed by atoms with E-state index in [1.807, 2.05) is 13.0 Å². The second-order valence-electron chi connectivity index (χ2n) is 4.86. The zero-order chi connectivity index (χ0) is 12.0. The smallest absolute Gasteiger partial charge is 0.0784 e. The van der Waals surface area contributed by atoms with Crippen LogP contribution in [0.3, 0.4) is 0 Å². The third kappa shape index (κ3) is 4.77. The summed E-state index contributed by atoms with van der Waals surface area (Å²) in [6, 6.07) is 10.4. The SMILES string of the molecule is CC(CO)OC(C)(C)CCc1ccccc1. The van der Waals surface area contributed by atoms with E-state index in [1.54, 1.807) is 0 Å². The molecule has 2 nitrogen and oxygen atoms in total. The highest BCUT2D eigenvalue weighted by Crippen LogP contribution is 2.19. The van der Waals surface area contributed by atoms with Gasteiger partial charge in [-0.05, 0) is 39.2 Å². The average molecular weight is 222 g/mol. The largest absolute Gasteiger partial charge is 0.394 e. The van der Waals surface area contributed by atoms with Gasteiger partial charge in [0.25, 0.3) is 0 Å². The van der Waals surface area contributed by atoms with Crippen molar-refractivity contribution >= 4 is 0 Å². The lowest BCUT2D eigenvalue weighted by molar-refractivity contribution is -0.0854. The van der Waals surface area contributed by atoms with Crippen LogP contribution in [0.1, 0.15) is 32.8 Å². The van der Waals surface area contributed by atoms with E-state index < -0.39 is 0 Å². The summed E-state index contributed by atoms with van der Waals surface area (Å²) in [5, 5.41) is 8.96. The lowest BCUT2D eigenvalue weighted by Gasteiger charge is -2.28. The molecule has 2 heteroatoms. The predicted molar refractivity (Wildman–Crippen MR) is 66.5 cm³/mol. The van der Waals surface area contributed by atoms with Gasteiger partial charge in [0.2, 0.25) is 0 Å². The molecule has 0 heterocycles. The molecule has 1 N–H and O–H groups in total. The molecular weight excluding hydrogens is 200 g/mol. The van der Waals surface area contributed by atoms with Crippen LogP contribution in [0.5, 0.6) is 0 Å². The normalized spacial score (nSPS) is 13.8. The van der Waals surface area contributed by atoms with Crippen molar-refractivity contribution in [2.24, 2.45) is 0 Å². The number of hydrogen-bond donors (Lipinski definition) is 1. The fourth-order valence-corrected chi connectivity index (χ4v) is 1.73. The third-order valence-electron chi connectivity index (χ3n) is 2.64. The Bertz CT molecular complexity index is 293. The van der Waals surface area contributed by atoms with E-state index in [-0.39, 0.29) is 18.3 Å². The van der Waals surface area contributed by atoms with Crippen LogP contribution in [-0.2, 0) is 11.2 Å². The minimum atomic E-state index is -0.183. The number of aliphatic hydroxyl groups excluding tert-OH is 1.